The molecule has 1 fully saturated rings. The smallest absolute Gasteiger partial charge is 0.227 e. The number of anilines is 2. The molecule has 2 heterocycles. The third kappa shape index (κ3) is 5.16. The Morgan fingerprint density at radius 1 is 1.27 bits per heavy atom. The second-order valence-corrected chi connectivity index (χ2v) is 9.67. The molecule has 6 nitrogen and oxygen atoms in total. The minimum absolute atomic E-state index is 0.00953. The molecule has 0 spiro atoms. The Balaban J connectivity index is 1.60. The predicted molar refractivity (Wildman–Crippen MR) is 121 cm³/mol. The van der Waals surface area contributed by atoms with Crippen molar-refractivity contribution in [1.29, 1.82) is 0 Å². The Labute approximate surface area is 187 Å². The maximum absolute atomic E-state index is 12.5. The number of amides is 2. The summed E-state index contributed by atoms with van der Waals surface area (Å²) < 4.78 is 1.69. The number of aromatic nitrogens is 2. The van der Waals surface area contributed by atoms with Crippen molar-refractivity contribution in [3.63, 3.8) is 0 Å². The largest absolute Gasteiger partial charge is 0.311 e. The van der Waals surface area contributed by atoms with Gasteiger partial charge >= 0.3 is 0 Å². The lowest BCUT2D eigenvalue weighted by atomic mass is 9.92. The average Bonchev–Trinajstić information content (AvgIpc) is 3.03. The number of nitrogens with zero attached hydrogens (tertiary/aromatic N) is 3. The fourth-order valence-corrected chi connectivity index (χ4v) is 4.21. The van der Waals surface area contributed by atoms with E-state index in [-0.39, 0.29) is 23.1 Å². The van der Waals surface area contributed by atoms with Gasteiger partial charge in [0.1, 0.15) is 5.82 Å². The first-order chi connectivity index (χ1) is 14.1. The molecule has 1 aliphatic heterocycles. The Bertz CT molecular complexity index is 929. The minimum Gasteiger partial charge on any atom is -0.311 e. The zero-order valence-electron chi connectivity index (χ0n) is 17.8. The third-order valence-electron chi connectivity index (χ3n) is 5.41. The van der Waals surface area contributed by atoms with Crippen molar-refractivity contribution in [1.82, 2.24) is 9.78 Å². The SMILES string of the molecule is Cn1nc(C(C)(C)C)cc1NC(=O)CCC1CCC(=O)N(c2c(Cl)cccc2Cl)C1. The molecule has 3 rings (SSSR count). The van der Waals surface area contributed by atoms with Crippen molar-refractivity contribution in [2.45, 2.75) is 51.9 Å². The summed E-state index contributed by atoms with van der Waals surface area (Å²) >= 11 is 12.6. The van der Waals surface area contributed by atoms with E-state index < -0.39 is 0 Å². The summed E-state index contributed by atoms with van der Waals surface area (Å²) in [4.78, 5) is 26.6. The Morgan fingerprint density at radius 3 is 2.53 bits per heavy atom. The summed E-state index contributed by atoms with van der Waals surface area (Å²) in [5.74, 6) is 0.846. The molecule has 1 aromatic heterocycles. The highest BCUT2D eigenvalue weighted by Crippen LogP contribution is 2.37. The van der Waals surface area contributed by atoms with Gasteiger partial charge in [0, 0.05) is 37.9 Å². The van der Waals surface area contributed by atoms with Crippen LogP contribution in [0, 0.1) is 5.92 Å². The van der Waals surface area contributed by atoms with E-state index >= 15 is 0 Å². The molecule has 8 heteroatoms. The molecule has 162 valence electrons. The Morgan fingerprint density at radius 2 is 1.93 bits per heavy atom. The van der Waals surface area contributed by atoms with Gasteiger partial charge in [-0.25, -0.2) is 0 Å². The van der Waals surface area contributed by atoms with Crippen LogP contribution in [-0.2, 0) is 22.1 Å². The lowest BCUT2D eigenvalue weighted by molar-refractivity contribution is -0.120. The highest BCUT2D eigenvalue weighted by atomic mass is 35.5. The fraction of sp³-hybridized carbons (Fsp3) is 0.500. The predicted octanol–water partition coefficient (Wildman–Crippen LogP) is 5.19. The second-order valence-electron chi connectivity index (χ2n) is 8.85. The van der Waals surface area contributed by atoms with Gasteiger partial charge in [-0.3, -0.25) is 14.3 Å². The van der Waals surface area contributed by atoms with Crippen molar-refractivity contribution >= 4 is 46.5 Å². The van der Waals surface area contributed by atoms with E-state index in [1.165, 1.54) is 0 Å². The molecule has 0 radical (unpaired) electrons. The lowest BCUT2D eigenvalue weighted by Crippen LogP contribution is -2.40. The van der Waals surface area contributed by atoms with Crippen LogP contribution in [0.4, 0.5) is 11.5 Å². The molecule has 1 aliphatic rings. The quantitative estimate of drug-likeness (QED) is 0.681. The molecule has 1 saturated heterocycles. The standard InChI is InChI=1S/C22H28Cl2N4O2/c1-22(2,3)17-12-18(27(4)26-17)25-19(29)10-8-14-9-11-20(30)28(13-14)21-15(23)6-5-7-16(21)24/h5-7,12,14H,8-11,13H2,1-4H3,(H,25,29). The molecule has 2 aromatic rings. The number of rotatable bonds is 5. The van der Waals surface area contributed by atoms with Crippen LogP contribution in [0.25, 0.3) is 0 Å². The summed E-state index contributed by atoms with van der Waals surface area (Å²) in [7, 11) is 1.82. The first-order valence-corrected chi connectivity index (χ1v) is 10.9. The van der Waals surface area contributed by atoms with Gasteiger partial charge in [-0.1, -0.05) is 50.0 Å². The number of nitrogens with one attached hydrogen (secondary N) is 1. The fourth-order valence-electron chi connectivity index (χ4n) is 3.60. The highest BCUT2D eigenvalue weighted by molar-refractivity contribution is 6.39. The summed E-state index contributed by atoms with van der Waals surface area (Å²) in [6, 6.07) is 7.13. The van der Waals surface area contributed by atoms with Gasteiger partial charge in [0.2, 0.25) is 11.8 Å². The minimum atomic E-state index is -0.0845. The van der Waals surface area contributed by atoms with E-state index in [9.17, 15) is 9.59 Å². The molecule has 30 heavy (non-hydrogen) atoms. The van der Waals surface area contributed by atoms with Crippen LogP contribution in [0.5, 0.6) is 0 Å². The molecule has 1 N–H and O–H groups in total. The van der Waals surface area contributed by atoms with Gasteiger partial charge in [0.15, 0.2) is 0 Å². The van der Waals surface area contributed by atoms with Crippen LogP contribution in [-0.4, -0.2) is 28.1 Å². The monoisotopic (exact) mass is 450 g/mol. The van der Waals surface area contributed by atoms with E-state index in [0.717, 1.165) is 12.1 Å². The summed E-state index contributed by atoms with van der Waals surface area (Å²) in [6.07, 6.45) is 2.23. The number of halogens is 2. The third-order valence-corrected chi connectivity index (χ3v) is 6.02. The summed E-state index contributed by atoms with van der Waals surface area (Å²) in [5, 5.41) is 8.35. The van der Waals surface area contributed by atoms with Crippen molar-refractivity contribution in [3.8, 4) is 0 Å². The molecule has 2 amide bonds. The Hall–Kier alpha value is -2.05. The Kier molecular flexibility index (Phi) is 6.78. The molecular formula is C22H28Cl2N4O2. The second kappa shape index (κ2) is 8.98. The van der Waals surface area contributed by atoms with E-state index in [0.29, 0.717) is 47.4 Å². The molecule has 0 saturated carbocycles. The van der Waals surface area contributed by atoms with Crippen molar-refractivity contribution < 1.29 is 9.59 Å². The van der Waals surface area contributed by atoms with Gasteiger partial charge in [-0.05, 0) is 30.9 Å². The highest BCUT2D eigenvalue weighted by Gasteiger charge is 2.29. The molecule has 1 aromatic carbocycles. The average molecular weight is 451 g/mol. The molecule has 0 aliphatic carbocycles. The van der Waals surface area contributed by atoms with Crippen LogP contribution < -0.4 is 10.2 Å². The van der Waals surface area contributed by atoms with E-state index in [1.807, 2.05) is 13.1 Å². The normalized spacial score (nSPS) is 17.3. The van der Waals surface area contributed by atoms with Gasteiger partial charge in [0.25, 0.3) is 0 Å². The number of benzene rings is 1. The maximum Gasteiger partial charge on any atom is 0.227 e. The first kappa shape index (κ1) is 22.6. The van der Waals surface area contributed by atoms with Crippen molar-refractivity contribution in [3.05, 3.63) is 40.0 Å². The zero-order valence-corrected chi connectivity index (χ0v) is 19.3. The number of carbonyl (C=O) groups excluding carboxylic acids is 2. The van der Waals surface area contributed by atoms with Crippen LogP contribution in [0.1, 0.15) is 52.1 Å². The first-order valence-electron chi connectivity index (χ1n) is 10.1. The van der Waals surface area contributed by atoms with Gasteiger partial charge in [-0.2, -0.15) is 5.10 Å². The molecular weight excluding hydrogens is 423 g/mol. The van der Waals surface area contributed by atoms with Crippen LogP contribution in [0.2, 0.25) is 10.0 Å². The van der Waals surface area contributed by atoms with E-state index in [2.05, 4.69) is 31.2 Å². The number of piperidine rings is 1. The van der Waals surface area contributed by atoms with Gasteiger partial charge in [-0.15, -0.1) is 0 Å². The number of aryl methyl sites for hydroxylation is 1. The number of carbonyl (C=O) groups is 2. The number of hydrogen-bond donors (Lipinski definition) is 1. The lowest BCUT2D eigenvalue weighted by Gasteiger charge is -2.33. The van der Waals surface area contributed by atoms with Gasteiger partial charge in [0.05, 0.1) is 21.4 Å². The van der Waals surface area contributed by atoms with Gasteiger partial charge < -0.3 is 10.2 Å². The molecule has 0 bridgehead atoms. The summed E-state index contributed by atoms with van der Waals surface area (Å²) in [6.45, 7) is 6.77. The van der Waals surface area contributed by atoms with Crippen molar-refractivity contribution in [2.24, 2.45) is 13.0 Å². The van der Waals surface area contributed by atoms with Crippen LogP contribution in [0.15, 0.2) is 24.3 Å². The molecule has 1 unspecified atom stereocenters. The van der Waals surface area contributed by atoms with Crippen LogP contribution in [0.3, 0.4) is 0 Å². The maximum atomic E-state index is 12.5. The number of hydrogen-bond acceptors (Lipinski definition) is 3. The topological polar surface area (TPSA) is 67.2 Å². The van der Waals surface area contributed by atoms with E-state index in [4.69, 9.17) is 23.2 Å². The number of para-hydroxylation sites is 1. The zero-order chi connectivity index (χ0) is 22.1. The van der Waals surface area contributed by atoms with Crippen molar-refractivity contribution in [2.75, 3.05) is 16.8 Å². The van der Waals surface area contributed by atoms with E-state index in [1.54, 1.807) is 27.8 Å². The summed E-state index contributed by atoms with van der Waals surface area (Å²) in [5.41, 5.74) is 1.40. The van der Waals surface area contributed by atoms with Crippen LogP contribution >= 0.6 is 23.2 Å². The molecule has 1 atom stereocenters.